The van der Waals surface area contributed by atoms with Gasteiger partial charge in [0, 0.05) is 51.0 Å². The van der Waals surface area contributed by atoms with Gasteiger partial charge in [0.15, 0.2) is 0 Å². The Bertz CT molecular complexity index is 570. The lowest BCUT2D eigenvalue weighted by Gasteiger charge is -2.36. The summed E-state index contributed by atoms with van der Waals surface area (Å²) >= 11 is 0. The number of rotatable bonds is 5. The molecule has 2 bridgehead atoms. The van der Waals surface area contributed by atoms with Crippen molar-refractivity contribution >= 4 is 5.91 Å². The van der Waals surface area contributed by atoms with Crippen LogP contribution in [0.25, 0.3) is 0 Å². The highest BCUT2D eigenvalue weighted by Gasteiger charge is 2.37. The molecule has 0 N–H and O–H groups in total. The summed E-state index contributed by atoms with van der Waals surface area (Å²) in [6.07, 6.45) is 13.6. The second-order valence-corrected chi connectivity index (χ2v) is 8.38. The van der Waals surface area contributed by atoms with Crippen molar-refractivity contribution in [3.63, 3.8) is 0 Å². The van der Waals surface area contributed by atoms with E-state index in [0.29, 0.717) is 17.9 Å². The van der Waals surface area contributed by atoms with E-state index in [-0.39, 0.29) is 0 Å². The summed E-state index contributed by atoms with van der Waals surface area (Å²) in [6.45, 7) is 4.14. The second kappa shape index (κ2) is 7.86. The molecule has 4 heterocycles. The van der Waals surface area contributed by atoms with E-state index in [2.05, 4.69) is 26.9 Å². The van der Waals surface area contributed by atoms with Crippen LogP contribution in [0.3, 0.4) is 0 Å². The Hall–Kier alpha value is -1.42. The summed E-state index contributed by atoms with van der Waals surface area (Å²) in [6, 6.07) is 4.64. The van der Waals surface area contributed by atoms with Crippen molar-refractivity contribution in [2.45, 2.75) is 64.0 Å². The van der Waals surface area contributed by atoms with Crippen LogP contribution in [0.2, 0.25) is 0 Å². The molecule has 3 saturated heterocycles. The molecule has 1 aliphatic carbocycles. The second-order valence-electron chi connectivity index (χ2n) is 8.38. The highest BCUT2D eigenvalue weighted by Crippen LogP contribution is 2.32. The van der Waals surface area contributed by atoms with Crippen molar-refractivity contribution in [2.24, 2.45) is 11.8 Å². The lowest BCUT2D eigenvalue weighted by Crippen LogP contribution is -2.47. The minimum Gasteiger partial charge on any atom is -0.338 e. The molecule has 25 heavy (non-hydrogen) atoms. The van der Waals surface area contributed by atoms with E-state index in [9.17, 15) is 4.79 Å². The van der Waals surface area contributed by atoms with Crippen molar-refractivity contribution in [3.05, 3.63) is 30.1 Å². The van der Waals surface area contributed by atoms with Crippen LogP contribution in [0.5, 0.6) is 0 Å². The van der Waals surface area contributed by atoms with Crippen LogP contribution >= 0.6 is 0 Å². The molecule has 4 fully saturated rings. The topological polar surface area (TPSA) is 36.4 Å². The number of nitrogens with zero attached hydrogens (tertiary/aromatic N) is 3. The number of carbonyl (C=O) groups is 1. The first-order chi connectivity index (χ1) is 12.3. The van der Waals surface area contributed by atoms with Gasteiger partial charge >= 0.3 is 0 Å². The van der Waals surface area contributed by atoms with E-state index in [1.54, 1.807) is 0 Å². The van der Waals surface area contributed by atoms with Gasteiger partial charge in [-0.1, -0.05) is 25.7 Å². The van der Waals surface area contributed by atoms with E-state index in [1.807, 2.05) is 12.4 Å². The minimum atomic E-state index is 0.423. The Labute approximate surface area is 151 Å². The first-order valence-electron chi connectivity index (χ1n) is 10.2. The smallest absolute Gasteiger partial charge is 0.222 e. The zero-order chi connectivity index (χ0) is 17.1. The maximum Gasteiger partial charge on any atom is 0.222 e. The fourth-order valence-electron chi connectivity index (χ4n) is 5.13. The van der Waals surface area contributed by atoms with Gasteiger partial charge in [-0.2, -0.15) is 0 Å². The van der Waals surface area contributed by atoms with Crippen LogP contribution in [-0.2, 0) is 11.3 Å². The molecule has 0 spiro atoms. The molecule has 3 aliphatic heterocycles. The van der Waals surface area contributed by atoms with Gasteiger partial charge in [0.2, 0.25) is 5.91 Å². The Balaban J connectivity index is 1.35. The lowest BCUT2D eigenvalue weighted by atomic mass is 9.94. The zero-order valence-corrected chi connectivity index (χ0v) is 15.3. The molecule has 0 unspecified atom stereocenters. The van der Waals surface area contributed by atoms with E-state index in [0.717, 1.165) is 44.9 Å². The number of amides is 1. The summed E-state index contributed by atoms with van der Waals surface area (Å²) in [5.74, 6) is 1.89. The summed E-state index contributed by atoms with van der Waals surface area (Å²) in [4.78, 5) is 21.8. The van der Waals surface area contributed by atoms with Gasteiger partial charge in [-0.3, -0.25) is 14.7 Å². The number of pyridine rings is 1. The number of fused-ring (bicyclic) bond motifs is 4. The van der Waals surface area contributed by atoms with Crippen LogP contribution in [0, 0.1) is 11.8 Å². The van der Waals surface area contributed by atoms with Crippen LogP contribution in [0.1, 0.15) is 56.9 Å². The highest BCUT2D eigenvalue weighted by atomic mass is 16.2. The standard InChI is InChI=1S/C21H31N3O/c25-21(8-6-17-3-1-2-4-17)24-15-19-5-7-20(24)16-23(14-19)13-18-9-11-22-12-10-18/h9-12,17,19-20H,1-8,13-16H2/t19-,20+/m1/s1. The Morgan fingerprint density at radius 2 is 1.84 bits per heavy atom. The summed E-state index contributed by atoms with van der Waals surface area (Å²) < 4.78 is 0. The Kier molecular flexibility index (Phi) is 5.35. The molecule has 4 heteroatoms. The summed E-state index contributed by atoms with van der Waals surface area (Å²) in [5.41, 5.74) is 1.33. The monoisotopic (exact) mass is 341 g/mol. The molecular formula is C21H31N3O. The molecule has 1 aromatic heterocycles. The third-order valence-corrected chi connectivity index (χ3v) is 6.51. The van der Waals surface area contributed by atoms with Gasteiger partial charge in [-0.25, -0.2) is 0 Å². The van der Waals surface area contributed by atoms with E-state index >= 15 is 0 Å². The molecule has 1 saturated carbocycles. The maximum absolute atomic E-state index is 12.9. The average molecular weight is 341 g/mol. The van der Waals surface area contributed by atoms with Crippen molar-refractivity contribution < 1.29 is 4.79 Å². The molecule has 2 atom stereocenters. The third-order valence-electron chi connectivity index (χ3n) is 6.51. The van der Waals surface area contributed by atoms with Crippen molar-refractivity contribution in [1.29, 1.82) is 0 Å². The highest BCUT2D eigenvalue weighted by molar-refractivity contribution is 5.76. The molecule has 136 valence electrons. The SMILES string of the molecule is O=C(CCC1CCCC1)N1C[C@@H]2CC[C@H]1CN(Cc1ccncc1)C2. The van der Waals surface area contributed by atoms with E-state index in [1.165, 1.54) is 44.1 Å². The summed E-state index contributed by atoms with van der Waals surface area (Å²) in [5, 5.41) is 0. The largest absolute Gasteiger partial charge is 0.338 e. The number of piperidine rings is 1. The van der Waals surface area contributed by atoms with Crippen molar-refractivity contribution in [1.82, 2.24) is 14.8 Å². The Morgan fingerprint density at radius 1 is 1.04 bits per heavy atom. The van der Waals surface area contributed by atoms with E-state index in [4.69, 9.17) is 0 Å². The third kappa shape index (κ3) is 4.22. The lowest BCUT2D eigenvalue weighted by molar-refractivity contribution is -0.135. The predicted molar refractivity (Wildman–Crippen MR) is 98.9 cm³/mol. The quantitative estimate of drug-likeness (QED) is 0.823. The number of hydrogen-bond donors (Lipinski definition) is 0. The number of carbonyl (C=O) groups excluding carboxylic acids is 1. The fraction of sp³-hybridized carbons (Fsp3) is 0.714. The average Bonchev–Trinajstić information content (AvgIpc) is 3.01. The van der Waals surface area contributed by atoms with Crippen LogP contribution in [-0.4, -0.2) is 46.4 Å². The molecule has 5 rings (SSSR count). The number of hydrogen-bond acceptors (Lipinski definition) is 3. The fourth-order valence-corrected chi connectivity index (χ4v) is 5.13. The Morgan fingerprint density at radius 3 is 2.64 bits per heavy atom. The molecule has 0 aromatic carbocycles. The molecule has 4 aliphatic rings. The van der Waals surface area contributed by atoms with Crippen molar-refractivity contribution in [2.75, 3.05) is 19.6 Å². The van der Waals surface area contributed by atoms with Gasteiger partial charge in [-0.05, 0) is 48.8 Å². The van der Waals surface area contributed by atoms with E-state index < -0.39 is 0 Å². The molecule has 0 radical (unpaired) electrons. The van der Waals surface area contributed by atoms with Gasteiger partial charge in [0.1, 0.15) is 0 Å². The van der Waals surface area contributed by atoms with Gasteiger partial charge in [0.25, 0.3) is 0 Å². The van der Waals surface area contributed by atoms with Crippen molar-refractivity contribution in [3.8, 4) is 0 Å². The molecule has 4 nitrogen and oxygen atoms in total. The zero-order valence-electron chi connectivity index (χ0n) is 15.3. The molecule has 1 aromatic rings. The van der Waals surface area contributed by atoms with Gasteiger partial charge in [0.05, 0.1) is 0 Å². The summed E-state index contributed by atoms with van der Waals surface area (Å²) in [7, 11) is 0. The molecule has 1 amide bonds. The van der Waals surface area contributed by atoms with Gasteiger partial charge in [-0.15, -0.1) is 0 Å². The maximum atomic E-state index is 12.9. The minimum absolute atomic E-state index is 0.423. The molecular weight excluding hydrogens is 310 g/mol. The number of aromatic nitrogens is 1. The first kappa shape index (κ1) is 17.0. The van der Waals surface area contributed by atoms with Crippen LogP contribution in [0.4, 0.5) is 0 Å². The predicted octanol–water partition coefficient (Wildman–Crippen LogP) is 3.47. The van der Waals surface area contributed by atoms with Crippen LogP contribution < -0.4 is 0 Å². The van der Waals surface area contributed by atoms with Gasteiger partial charge < -0.3 is 4.90 Å². The normalized spacial score (nSPS) is 27.6. The first-order valence-corrected chi connectivity index (χ1v) is 10.2. The van der Waals surface area contributed by atoms with Crippen LogP contribution in [0.15, 0.2) is 24.5 Å².